The molecule has 0 spiro atoms. The number of benzene rings is 1. The van der Waals surface area contributed by atoms with E-state index in [1.807, 2.05) is 12.1 Å². The molecule has 7 nitrogen and oxygen atoms in total. The van der Waals surface area contributed by atoms with Gasteiger partial charge in [-0.3, -0.25) is 4.79 Å². The highest BCUT2D eigenvalue weighted by Gasteiger charge is 2.47. The van der Waals surface area contributed by atoms with Crippen molar-refractivity contribution in [2.75, 3.05) is 0 Å². The minimum absolute atomic E-state index is 0.120. The second-order valence-corrected chi connectivity index (χ2v) is 5.13. The molecular weight excluding hydrogens is 284 g/mol. The van der Waals surface area contributed by atoms with E-state index in [0.29, 0.717) is 5.75 Å². The maximum atomic E-state index is 12.1. The molecule has 22 heavy (non-hydrogen) atoms. The van der Waals surface area contributed by atoms with Crippen molar-refractivity contribution >= 4 is 5.97 Å². The Hall–Kier alpha value is -2.96. The number of carbonyl (C=O) groups is 1. The monoisotopic (exact) mass is 296 g/mol. The average Bonchev–Trinajstić information content (AvgIpc) is 2.97. The highest BCUT2D eigenvalue weighted by molar-refractivity contribution is 5.79. The highest BCUT2D eigenvalue weighted by Crippen LogP contribution is 2.48. The van der Waals surface area contributed by atoms with E-state index in [1.54, 1.807) is 30.5 Å². The molecule has 1 fully saturated rings. The molecule has 0 aliphatic heterocycles. The normalized spacial score (nSPS) is 19.8. The van der Waals surface area contributed by atoms with Gasteiger partial charge >= 0.3 is 5.97 Å². The molecule has 0 amide bonds. The summed E-state index contributed by atoms with van der Waals surface area (Å²) in [6.45, 7) is 0. The maximum absolute atomic E-state index is 12.1. The first-order valence-corrected chi connectivity index (χ1v) is 6.90. The Bertz CT molecular complexity index is 766. The van der Waals surface area contributed by atoms with Gasteiger partial charge in [-0.05, 0) is 53.2 Å². The molecule has 7 heteroatoms. The standard InChI is InChI=1S/C15H12N4O3/c20-15(13-8-12(13)14-2-1-7-21-14)22-11-5-3-10(4-6-11)19-9-16-17-18-19/h1-7,9,12-13H,8H2/t12-,13-/m1/s1. The summed E-state index contributed by atoms with van der Waals surface area (Å²) >= 11 is 0. The van der Waals surface area contributed by atoms with Crippen LogP contribution >= 0.6 is 0 Å². The third-order valence-corrected chi connectivity index (χ3v) is 3.67. The lowest BCUT2D eigenvalue weighted by molar-refractivity contribution is -0.135. The van der Waals surface area contributed by atoms with Crippen molar-refractivity contribution < 1.29 is 13.9 Å². The Morgan fingerprint density at radius 3 is 2.82 bits per heavy atom. The van der Waals surface area contributed by atoms with Gasteiger partial charge in [0.25, 0.3) is 0 Å². The van der Waals surface area contributed by atoms with E-state index >= 15 is 0 Å². The molecule has 1 saturated carbocycles. The quantitative estimate of drug-likeness (QED) is 0.540. The fourth-order valence-corrected chi connectivity index (χ4v) is 2.41. The van der Waals surface area contributed by atoms with Crippen LogP contribution in [0.1, 0.15) is 18.1 Å². The van der Waals surface area contributed by atoms with Gasteiger partial charge in [-0.15, -0.1) is 5.10 Å². The van der Waals surface area contributed by atoms with Crippen molar-refractivity contribution in [3.63, 3.8) is 0 Å². The number of rotatable bonds is 4. The third-order valence-electron chi connectivity index (χ3n) is 3.67. The van der Waals surface area contributed by atoms with E-state index in [4.69, 9.17) is 9.15 Å². The van der Waals surface area contributed by atoms with E-state index in [2.05, 4.69) is 15.5 Å². The number of aromatic nitrogens is 4. The minimum atomic E-state index is -0.225. The van der Waals surface area contributed by atoms with Gasteiger partial charge in [-0.25, -0.2) is 4.68 Å². The van der Waals surface area contributed by atoms with Crippen LogP contribution in [0, 0.1) is 5.92 Å². The average molecular weight is 296 g/mol. The van der Waals surface area contributed by atoms with Gasteiger partial charge in [0, 0.05) is 5.92 Å². The predicted molar refractivity (Wildman–Crippen MR) is 74.3 cm³/mol. The maximum Gasteiger partial charge on any atom is 0.315 e. The lowest BCUT2D eigenvalue weighted by Crippen LogP contribution is -2.11. The molecule has 2 heterocycles. The number of furan rings is 1. The summed E-state index contributed by atoms with van der Waals surface area (Å²) in [6.07, 6.45) is 3.89. The zero-order chi connectivity index (χ0) is 14.9. The fraction of sp³-hybridized carbons (Fsp3) is 0.200. The first-order valence-electron chi connectivity index (χ1n) is 6.90. The highest BCUT2D eigenvalue weighted by atomic mass is 16.5. The van der Waals surface area contributed by atoms with Crippen LogP contribution in [0.3, 0.4) is 0 Å². The molecule has 0 radical (unpaired) electrons. The van der Waals surface area contributed by atoms with Crippen molar-refractivity contribution in [2.24, 2.45) is 5.92 Å². The van der Waals surface area contributed by atoms with Gasteiger partial charge in [-0.1, -0.05) is 0 Å². The summed E-state index contributed by atoms with van der Waals surface area (Å²) in [5, 5.41) is 10.9. The Labute approximate surface area is 125 Å². The van der Waals surface area contributed by atoms with Crippen LogP contribution in [0.15, 0.2) is 53.4 Å². The molecule has 0 N–H and O–H groups in total. The molecule has 0 bridgehead atoms. The van der Waals surface area contributed by atoms with Crippen molar-refractivity contribution in [1.82, 2.24) is 20.2 Å². The Morgan fingerprint density at radius 1 is 1.27 bits per heavy atom. The second-order valence-electron chi connectivity index (χ2n) is 5.13. The zero-order valence-electron chi connectivity index (χ0n) is 11.5. The van der Waals surface area contributed by atoms with Crippen LogP contribution in [0.2, 0.25) is 0 Å². The fourth-order valence-electron chi connectivity index (χ4n) is 2.41. The van der Waals surface area contributed by atoms with Gasteiger partial charge < -0.3 is 9.15 Å². The molecule has 0 saturated heterocycles. The van der Waals surface area contributed by atoms with E-state index in [0.717, 1.165) is 17.9 Å². The van der Waals surface area contributed by atoms with E-state index < -0.39 is 0 Å². The minimum Gasteiger partial charge on any atom is -0.469 e. The van der Waals surface area contributed by atoms with Crippen LogP contribution in [0.25, 0.3) is 5.69 Å². The van der Waals surface area contributed by atoms with Gasteiger partial charge in [0.15, 0.2) is 0 Å². The summed E-state index contributed by atoms with van der Waals surface area (Å²) in [5.41, 5.74) is 0.796. The van der Waals surface area contributed by atoms with Crippen LogP contribution in [-0.4, -0.2) is 26.2 Å². The topological polar surface area (TPSA) is 83.0 Å². The molecule has 1 aliphatic rings. The number of hydrogen-bond acceptors (Lipinski definition) is 6. The van der Waals surface area contributed by atoms with Gasteiger partial charge in [0.1, 0.15) is 17.8 Å². The van der Waals surface area contributed by atoms with Crippen molar-refractivity contribution in [3.8, 4) is 11.4 Å². The number of carbonyl (C=O) groups excluding carboxylic acids is 1. The van der Waals surface area contributed by atoms with Crippen LogP contribution in [0.5, 0.6) is 5.75 Å². The van der Waals surface area contributed by atoms with Crippen LogP contribution < -0.4 is 4.74 Å². The number of ether oxygens (including phenoxy) is 1. The molecule has 2 atom stereocenters. The molecule has 1 aromatic carbocycles. The van der Waals surface area contributed by atoms with Gasteiger partial charge in [0.2, 0.25) is 0 Å². The first-order chi connectivity index (χ1) is 10.8. The molecule has 1 aliphatic carbocycles. The van der Waals surface area contributed by atoms with E-state index in [-0.39, 0.29) is 17.8 Å². The van der Waals surface area contributed by atoms with Crippen molar-refractivity contribution in [1.29, 1.82) is 0 Å². The van der Waals surface area contributed by atoms with Crippen LogP contribution in [0.4, 0.5) is 0 Å². The molecule has 0 unspecified atom stereocenters. The Balaban J connectivity index is 1.40. The molecule has 2 aromatic heterocycles. The first kappa shape index (κ1) is 12.8. The SMILES string of the molecule is O=C(Oc1ccc(-n2cnnn2)cc1)[C@@H]1C[C@H]1c1ccco1. The summed E-state index contributed by atoms with van der Waals surface area (Å²) in [7, 11) is 0. The number of nitrogens with zero attached hydrogens (tertiary/aromatic N) is 4. The summed E-state index contributed by atoms with van der Waals surface area (Å²) < 4.78 is 12.2. The Morgan fingerprint density at radius 2 is 2.14 bits per heavy atom. The number of esters is 1. The van der Waals surface area contributed by atoms with E-state index in [9.17, 15) is 4.79 Å². The summed E-state index contributed by atoms with van der Waals surface area (Å²) in [4.78, 5) is 12.1. The number of tetrazole rings is 1. The lowest BCUT2D eigenvalue weighted by Gasteiger charge is -2.05. The zero-order valence-corrected chi connectivity index (χ0v) is 11.5. The van der Waals surface area contributed by atoms with Crippen molar-refractivity contribution in [2.45, 2.75) is 12.3 Å². The second kappa shape index (κ2) is 5.10. The van der Waals surface area contributed by atoms with Crippen molar-refractivity contribution in [3.05, 3.63) is 54.7 Å². The van der Waals surface area contributed by atoms with E-state index in [1.165, 1.54) is 11.0 Å². The van der Waals surface area contributed by atoms with Crippen LogP contribution in [-0.2, 0) is 4.79 Å². The number of hydrogen-bond donors (Lipinski definition) is 0. The molecular formula is C15H12N4O3. The Kier molecular flexibility index (Phi) is 2.96. The molecule has 110 valence electrons. The predicted octanol–water partition coefficient (Wildman–Crippen LogP) is 1.96. The summed E-state index contributed by atoms with van der Waals surface area (Å²) in [6, 6.07) is 10.7. The van der Waals surface area contributed by atoms with Gasteiger partial charge in [-0.2, -0.15) is 0 Å². The third kappa shape index (κ3) is 2.37. The molecule has 4 rings (SSSR count). The largest absolute Gasteiger partial charge is 0.469 e. The smallest absolute Gasteiger partial charge is 0.315 e. The molecule has 3 aromatic rings. The lowest BCUT2D eigenvalue weighted by atomic mass is 10.2. The summed E-state index contributed by atoms with van der Waals surface area (Å²) in [5.74, 6) is 1.15. The van der Waals surface area contributed by atoms with Gasteiger partial charge in [0.05, 0.1) is 17.9 Å².